The highest BCUT2D eigenvalue weighted by molar-refractivity contribution is 5.87. The summed E-state index contributed by atoms with van der Waals surface area (Å²) in [5, 5.41) is 23.4. The molecule has 11 nitrogen and oxygen atoms in total. The summed E-state index contributed by atoms with van der Waals surface area (Å²) in [5.74, 6) is 0.744. The Bertz CT molecular complexity index is 1110. The van der Waals surface area contributed by atoms with Crippen molar-refractivity contribution in [1.82, 2.24) is 35.3 Å². The molecule has 34 heavy (non-hydrogen) atoms. The lowest BCUT2D eigenvalue weighted by atomic mass is 10.0. The van der Waals surface area contributed by atoms with Crippen molar-refractivity contribution in [2.75, 3.05) is 19.6 Å². The third kappa shape index (κ3) is 3.82. The number of hydrogen-bond acceptors (Lipinski definition) is 8. The Morgan fingerprint density at radius 2 is 2.18 bits per heavy atom. The van der Waals surface area contributed by atoms with Crippen LogP contribution in [0.3, 0.4) is 0 Å². The Labute approximate surface area is 197 Å². The number of aromatic nitrogens is 4. The second-order valence-electron chi connectivity index (χ2n) is 9.74. The standard InChI is InChI=1S/C23H29N9O2/c1-13-6-17(9-24)31(10-13)22(33)19(25)12-30-11-18-8-20(30)23(34)32(18)14(2)15-4-3-5-16(7-15)21-26-28-29-27-21/h3-5,7,13-14,17-20H,6,8,10-12,25H2,1-2H3,(H,26,27,28,29)/t13?,14-,17?,18-,19?,20?/m0/s1. The van der Waals surface area contributed by atoms with Gasteiger partial charge in [-0.25, -0.2) is 5.10 Å². The van der Waals surface area contributed by atoms with Gasteiger partial charge < -0.3 is 15.5 Å². The lowest BCUT2D eigenvalue weighted by molar-refractivity contribution is -0.141. The van der Waals surface area contributed by atoms with E-state index in [0.717, 1.165) is 17.5 Å². The summed E-state index contributed by atoms with van der Waals surface area (Å²) in [5.41, 5.74) is 8.16. The number of nitrogens with zero attached hydrogens (tertiary/aromatic N) is 7. The second kappa shape index (κ2) is 8.77. The lowest BCUT2D eigenvalue weighted by Gasteiger charge is -2.38. The molecule has 11 heteroatoms. The van der Waals surface area contributed by atoms with Gasteiger partial charge in [0.2, 0.25) is 11.8 Å². The topological polar surface area (TPSA) is 148 Å². The monoisotopic (exact) mass is 463 g/mol. The van der Waals surface area contributed by atoms with Crippen LogP contribution in [0.5, 0.6) is 0 Å². The number of nitriles is 1. The Morgan fingerprint density at radius 3 is 2.88 bits per heavy atom. The highest BCUT2D eigenvalue weighted by atomic mass is 16.2. The minimum atomic E-state index is -0.744. The number of H-pyrrole nitrogens is 1. The van der Waals surface area contributed by atoms with E-state index in [1.807, 2.05) is 47.9 Å². The summed E-state index contributed by atoms with van der Waals surface area (Å²) in [7, 11) is 0. The number of benzene rings is 1. The van der Waals surface area contributed by atoms with Crippen LogP contribution in [0.2, 0.25) is 0 Å². The molecule has 2 bridgehead atoms. The van der Waals surface area contributed by atoms with Gasteiger partial charge in [-0.05, 0) is 47.7 Å². The molecule has 0 saturated carbocycles. The van der Waals surface area contributed by atoms with Gasteiger partial charge in [0, 0.05) is 31.2 Å². The van der Waals surface area contributed by atoms with Crippen molar-refractivity contribution in [2.24, 2.45) is 11.7 Å². The van der Waals surface area contributed by atoms with Crippen molar-refractivity contribution < 1.29 is 9.59 Å². The van der Waals surface area contributed by atoms with Crippen molar-refractivity contribution in [3.05, 3.63) is 29.8 Å². The van der Waals surface area contributed by atoms with Crippen LogP contribution >= 0.6 is 0 Å². The zero-order chi connectivity index (χ0) is 24.0. The van der Waals surface area contributed by atoms with Crippen LogP contribution in [0.25, 0.3) is 11.4 Å². The molecule has 0 radical (unpaired) electrons. The fourth-order valence-corrected chi connectivity index (χ4v) is 5.74. The van der Waals surface area contributed by atoms with E-state index in [1.165, 1.54) is 0 Å². The first-order valence-corrected chi connectivity index (χ1v) is 11.7. The van der Waals surface area contributed by atoms with Crippen molar-refractivity contribution in [1.29, 1.82) is 5.26 Å². The summed E-state index contributed by atoms with van der Waals surface area (Å²) < 4.78 is 0. The van der Waals surface area contributed by atoms with Gasteiger partial charge in [0.1, 0.15) is 6.04 Å². The Morgan fingerprint density at radius 1 is 1.35 bits per heavy atom. The minimum absolute atomic E-state index is 0.0693. The third-order valence-corrected chi connectivity index (χ3v) is 7.41. The first kappa shape index (κ1) is 22.4. The number of tetrazole rings is 1. The van der Waals surface area contributed by atoms with E-state index in [2.05, 4.69) is 26.7 Å². The average molecular weight is 464 g/mol. The summed E-state index contributed by atoms with van der Waals surface area (Å²) in [4.78, 5) is 31.9. The molecule has 1 aromatic carbocycles. The maximum absolute atomic E-state index is 13.3. The molecule has 5 rings (SSSR count). The van der Waals surface area contributed by atoms with Gasteiger partial charge in [0.05, 0.1) is 24.2 Å². The molecule has 1 aromatic heterocycles. The number of piperazine rings is 1. The van der Waals surface area contributed by atoms with Gasteiger partial charge in [0.25, 0.3) is 0 Å². The molecule has 3 saturated heterocycles. The molecule has 3 N–H and O–H groups in total. The predicted octanol–water partition coefficient (Wildman–Crippen LogP) is 0.301. The van der Waals surface area contributed by atoms with Crippen LogP contribution in [0, 0.1) is 17.2 Å². The van der Waals surface area contributed by atoms with Crippen LogP contribution in [0.15, 0.2) is 24.3 Å². The number of fused-ring (bicyclic) bond motifs is 2. The van der Waals surface area contributed by atoms with Gasteiger partial charge >= 0.3 is 0 Å². The number of likely N-dealkylation sites (tertiary alicyclic amines) is 3. The third-order valence-electron chi connectivity index (χ3n) is 7.41. The quantitative estimate of drug-likeness (QED) is 0.621. The van der Waals surface area contributed by atoms with Crippen LogP contribution in [-0.2, 0) is 9.59 Å². The number of aromatic amines is 1. The van der Waals surface area contributed by atoms with Crippen LogP contribution in [-0.4, -0.2) is 90.9 Å². The predicted molar refractivity (Wildman–Crippen MR) is 122 cm³/mol. The second-order valence-corrected chi connectivity index (χ2v) is 9.74. The van der Waals surface area contributed by atoms with E-state index < -0.39 is 12.1 Å². The first-order chi connectivity index (χ1) is 16.4. The van der Waals surface area contributed by atoms with Crippen LogP contribution in [0.1, 0.15) is 38.3 Å². The van der Waals surface area contributed by atoms with E-state index in [4.69, 9.17) is 5.73 Å². The van der Waals surface area contributed by atoms with E-state index in [-0.39, 0.29) is 29.9 Å². The molecule has 4 unspecified atom stereocenters. The van der Waals surface area contributed by atoms with E-state index >= 15 is 0 Å². The zero-order valence-electron chi connectivity index (χ0n) is 19.3. The molecule has 0 spiro atoms. The Hall–Kier alpha value is -3.36. The Balaban J connectivity index is 1.24. The van der Waals surface area contributed by atoms with Crippen molar-refractivity contribution >= 4 is 11.8 Å². The summed E-state index contributed by atoms with van der Waals surface area (Å²) >= 11 is 0. The van der Waals surface area contributed by atoms with Gasteiger partial charge in [-0.15, -0.1) is 5.10 Å². The number of nitrogens with one attached hydrogen (secondary N) is 1. The zero-order valence-corrected chi connectivity index (χ0v) is 19.3. The van der Waals surface area contributed by atoms with Crippen molar-refractivity contribution in [3.8, 4) is 17.5 Å². The molecular weight excluding hydrogens is 434 g/mol. The molecule has 3 aliphatic heterocycles. The summed E-state index contributed by atoms with van der Waals surface area (Å²) in [6, 6.07) is 8.64. The largest absolute Gasteiger partial charge is 0.330 e. The highest BCUT2D eigenvalue weighted by Gasteiger charge is 2.51. The lowest BCUT2D eigenvalue weighted by Crippen LogP contribution is -2.56. The fourth-order valence-electron chi connectivity index (χ4n) is 5.74. The Kier molecular flexibility index (Phi) is 5.79. The van der Waals surface area contributed by atoms with E-state index in [1.54, 1.807) is 4.90 Å². The van der Waals surface area contributed by atoms with E-state index in [9.17, 15) is 14.9 Å². The molecule has 4 heterocycles. The summed E-state index contributed by atoms with van der Waals surface area (Å²) in [6.45, 7) is 5.64. The van der Waals surface area contributed by atoms with E-state index in [0.29, 0.717) is 37.8 Å². The number of amides is 2. The molecular formula is C23H29N9O2. The first-order valence-electron chi connectivity index (χ1n) is 11.7. The number of hydrogen-bond donors (Lipinski definition) is 2. The van der Waals surface area contributed by atoms with Crippen LogP contribution in [0.4, 0.5) is 0 Å². The number of nitrogens with two attached hydrogens (primary N) is 1. The maximum atomic E-state index is 13.3. The number of carbonyl (C=O) groups is 2. The fraction of sp³-hybridized carbons (Fsp3) is 0.565. The average Bonchev–Trinajstić information content (AvgIpc) is 3.62. The smallest absolute Gasteiger partial charge is 0.241 e. The van der Waals surface area contributed by atoms with Gasteiger partial charge in [-0.2, -0.15) is 5.26 Å². The molecule has 6 atom stereocenters. The molecule has 2 aromatic rings. The highest BCUT2D eigenvalue weighted by Crippen LogP contribution is 2.38. The molecule has 178 valence electrons. The van der Waals surface area contributed by atoms with Crippen molar-refractivity contribution in [2.45, 2.75) is 56.9 Å². The number of rotatable bonds is 6. The van der Waals surface area contributed by atoms with Gasteiger partial charge in [-0.3, -0.25) is 14.5 Å². The maximum Gasteiger partial charge on any atom is 0.241 e. The number of carbonyl (C=O) groups excluding carboxylic acids is 2. The van der Waals surface area contributed by atoms with Crippen LogP contribution < -0.4 is 5.73 Å². The van der Waals surface area contributed by atoms with Crippen molar-refractivity contribution in [3.63, 3.8) is 0 Å². The normalized spacial score (nSPS) is 28.4. The minimum Gasteiger partial charge on any atom is -0.330 e. The molecule has 0 aliphatic carbocycles. The SMILES string of the molecule is CC1CC(C#N)N(C(=O)C(N)CN2C[C@@H]3CC2C(=O)N3[C@@H](C)c2cccc(-c3nnn[nH]3)c2)C1. The van der Waals surface area contributed by atoms with Gasteiger partial charge in [-0.1, -0.05) is 25.1 Å². The van der Waals surface area contributed by atoms with Gasteiger partial charge in [0.15, 0.2) is 5.82 Å². The molecule has 3 aliphatic rings. The molecule has 2 amide bonds. The molecule has 3 fully saturated rings. The summed E-state index contributed by atoms with van der Waals surface area (Å²) in [6.07, 6.45) is 1.42.